The molecular weight excluding hydrogens is 302 g/mol. The fourth-order valence-corrected chi connectivity index (χ4v) is 2.74. The Hall–Kier alpha value is -2.34. The lowest BCUT2D eigenvalue weighted by Gasteiger charge is -2.06. The molecule has 2 N–H and O–H groups in total. The lowest BCUT2D eigenvalue weighted by molar-refractivity contribution is -0.139. The van der Waals surface area contributed by atoms with Gasteiger partial charge in [-0.3, -0.25) is 4.79 Å². The number of hydrogen-bond acceptors (Lipinski definition) is 4. The average Bonchev–Trinajstić information content (AvgIpc) is 2.92. The van der Waals surface area contributed by atoms with Crippen molar-refractivity contribution in [2.24, 2.45) is 0 Å². The molecule has 2 rings (SSSR count). The Morgan fingerprint density at radius 1 is 1.23 bits per heavy atom. The van der Waals surface area contributed by atoms with Crippen molar-refractivity contribution in [3.8, 4) is 5.75 Å². The Labute approximate surface area is 132 Å². The van der Waals surface area contributed by atoms with E-state index in [2.05, 4.69) is 5.32 Å². The van der Waals surface area contributed by atoms with Crippen LogP contribution in [-0.2, 0) is 11.2 Å². The number of benzene rings is 1. The molecule has 2 aromatic rings. The number of hydrogen-bond donors (Lipinski definition) is 2. The van der Waals surface area contributed by atoms with E-state index < -0.39 is 5.97 Å². The largest absolute Gasteiger partial charge is 0.482 e. The van der Waals surface area contributed by atoms with E-state index in [0.29, 0.717) is 18.7 Å². The molecule has 0 radical (unpaired) electrons. The standard InChI is InChI=1S/C16H17NO4S/c1-11-7-9-22-15(11)16(20)17-8-6-12-2-4-13(5-3-12)21-10-14(18)19/h2-5,7,9H,6,8,10H2,1H3,(H,17,20)(H,18,19). The zero-order chi connectivity index (χ0) is 15.9. The number of nitrogens with one attached hydrogen (secondary N) is 1. The van der Waals surface area contributed by atoms with Gasteiger partial charge in [0.25, 0.3) is 5.91 Å². The Morgan fingerprint density at radius 2 is 1.95 bits per heavy atom. The van der Waals surface area contributed by atoms with Crippen molar-refractivity contribution >= 4 is 23.2 Å². The second-order valence-electron chi connectivity index (χ2n) is 4.77. The third kappa shape index (κ3) is 4.60. The molecular formula is C16H17NO4S. The van der Waals surface area contributed by atoms with E-state index in [1.807, 2.05) is 30.5 Å². The maximum Gasteiger partial charge on any atom is 0.341 e. The number of carboxylic acid groups (broad SMARTS) is 1. The minimum atomic E-state index is -1.00. The zero-order valence-electron chi connectivity index (χ0n) is 12.2. The second kappa shape index (κ2) is 7.61. The molecule has 6 heteroatoms. The first-order valence-electron chi connectivity index (χ1n) is 6.82. The van der Waals surface area contributed by atoms with Gasteiger partial charge in [-0.1, -0.05) is 12.1 Å². The predicted octanol–water partition coefficient (Wildman–Crippen LogP) is 2.49. The van der Waals surface area contributed by atoms with Crippen molar-refractivity contribution in [2.75, 3.05) is 13.2 Å². The van der Waals surface area contributed by atoms with Crippen molar-refractivity contribution < 1.29 is 19.4 Å². The summed E-state index contributed by atoms with van der Waals surface area (Å²) in [5.74, 6) is -0.533. The first-order chi connectivity index (χ1) is 10.6. The first-order valence-corrected chi connectivity index (χ1v) is 7.70. The van der Waals surface area contributed by atoms with Gasteiger partial charge in [0.05, 0.1) is 4.88 Å². The Morgan fingerprint density at radius 3 is 2.55 bits per heavy atom. The number of rotatable bonds is 7. The average molecular weight is 319 g/mol. The summed E-state index contributed by atoms with van der Waals surface area (Å²) in [6.45, 7) is 2.11. The maximum atomic E-state index is 11.9. The van der Waals surface area contributed by atoms with Crippen LogP contribution in [0.25, 0.3) is 0 Å². The van der Waals surface area contributed by atoms with Crippen molar-refractivity contribution in [1.29, 1.82) is 0 Å². The van der Waals surface area contributed by atoms with Gasteiger partial charge in [-0.05, 0) is 48.1 Å². The van der Waals surface area contributed by atoms with Gasteiger partial charge < -0.3 is 15.2 Å². The third-order valence-electron chi connectivity index (χ3n) is 3.05. The van der Waals surface area contributed by atoms with E-state index in [1.54, 1.807) is 12.1 Å². The summed E-state index contributed by atoms with van der Waals surface area (Å²) < 4.78 is 5.06. The number of aliphatic carboxylic acids is 1. The zero-order valence-corrected chi connectivity index (χ0v) is 13.0. The van der Waals surface area contributed by atoms with E-state index in [1.165, 1.54) is 11.3 Å². The Kier molecular flexibility index (Phi) is 5.55. The fourth-order valence-electron chi connectivity index (χ4n) is 1.90. The van der Waals surface area contributed by atoms with E-state index in [4.69, 9.17) is 9.84 Å². The van der Waals surface area contributed by atoms with Crippen LogP contribution in [0, 0.1) is 6.92 Å². The molecule has 1 heterocycles. The Bertz CT molecular complexity index is 648. The molecule has 0 atom stereocenters. The molecule has 0 spiro atoms. The van der Waals surface area contributed by atoms with Gasteiger partial charge in [0.1, 0.15) is 5.75 Å². The van der Waals surface area contributed by atoms with Gasteiger partial charge in [0.15, 0.2) is 6.61 Å². The Balaban J connectivity index is 1.78. The highest BCUT2D eigenvalue weighted by Gasteiger charge is 2.09. The van der Waals surface area contributed by atoms with Gasteiger partial charge >= 0.3 is 5.97 Å². The van der Waals surface area contributed by atoms with Crippen LogP contribution < -0.4 is 10.1 Å². The van der Waals surface area contributed by atoms with E-state index in [9.17, 15) is 9.59 Å². The summed E-state index contributed by atoms with van der Waals surface area (Å²) in [4.78, 5) is 23.1. The highest BCUT2D eigenvalue weighted by molar-refractivity contribution is 7.12. The molecule has 1 aromatic heterocycles. The van der Waals surface area contributed by atoms with Crippen LogP contribution in [0.1, 0.15) is 20.8 Å². The SMILES string of the molecule is Cc1ccsc1C(=O)NCCc1ccc(OCC(=O)O)cc1. The number of carbonyl (C=O) groups excluding carboxylic acids is 1. The maximum absolute atomic E-state index is 11.9. The van der Waals surface area contributed by atoms with Crippen LogP contribution >= 0.6 is 11.3 Å². The van der Waals surface area contributed by atoms with E-state index in [0.717, 1.165) is 16.0 Å². The van der Waals surface area contributed by atoms with Crippen LogP contribution in [0.3, 0.4) is 0 Å². The lowest BCUT2D eigenvalue weighted by Crippen LogP contribution is -2.25. The minimum Gasteiger partial charge on any atom is -0.482 e. The highest BCUT2D eigenvalue weighted by atomic mass is 32.1. The third-order valence-corrected chi connectivity index (χ3v) is 4.07. The van der Waals surface area contributed by atoms with Crippen molar-refractivity contribution in [2.45, 2.75) is 13.3 Å². The monoisotopic (exact) mass is 319 g/mol. The van der Waals surface area contributed by atoms with Crippen LogP contribution in [0.5, 0.6) is 5.75 Å². The first kappa shape index (κ1) is 16.0. The molecule has 0 bridgehead atoms. The van der Waals surface area contributed by atoms with Gasteiger partial charge in [-0.15, -0.1) is 11.3 Å². The molecule has 0 aliphatic carbocycles. The van der Waals surface area contributed by atoms with Crippen molar-refractivity contribution in [3.63, 3.8) is 0 Å². The van der Waals surface area contributed by atoms with Crippen molar-refractivity contribution in [3.05, 3.63) is 51.7 Å². The smallest absolute Gasteiger partial charge is 0.341 e. The summed E-state index contributed by atoms with van der Waals surface area (Å²) in [5.41, 5.74) is 2.04. The van der Waals surface area contributed by atoms with Gasteiger partial charge in [0, 0.05) is 6.54 Å². The molecule has 1 amide bonds. The number of carboxylic acids is 1. The molecule has 5 nitrogen and oxygen atoms in total. The summed E-state index contributed by atoms with van der Waals surface area (Å²) >= 11 is 1.44. The number of carbonyl (C=O) groups is 2. The minimum absolute atomic E-state index is 0.0473. The molecule has 22 heavy (non-hydrogen) atoms. The van der Waals surface area contributed by atoms with Crippen LogP contribution in [0.15, 0.2) is 35.7 Å². The predicted molar refractivity (Wildman–Crippen MR) is 84.7 cm³/mol. The molecule has 0 aliphatic rings. The molecule has 0 fully saturated rings. The number of ether oxygens (including phenoxy) is 1. The molecule has 0 unspecified atom stereocenters. The van der Waals surface area contributed by atoms with E-state index in [-0.39, 0.29) is 12.5 Å². The van der Waals surface area contributed by atoms with Crippen molar-refractivity contribution in [1.82, 2.24) is 5.32 Å². The summed E-state index contributed by atoms with van der Waals surface area (Å²) in [7, 11) is 0. The second-order valence-corrected chi connectivity index (χ2v) is 5.68. The summed E-state index contributed by atoms with van der Waals surface area (Å²) in [6, 6.07) is 9.10. The van der Waals surface area contributed by atoms with Crippen LogP contribution in [0.2, 0.25) is 0 Å². The molecule has 0 saturated heterocycles. The number of thiophene rings is 1. The van der Waals surface area contributed by atoms with Crippen LogP contribution in [0.4, 0.5) is 0 Å². The van der Waals surface area contributed by atoms with Gasteiger partial charge in [-0.2, -0.15) is 0 Å². The lowest BCUT2D eigenvalue weighted by atomic mass is 10.1. The summed E-state index contributed by atoms with van der Waals surface area (Å²) in [6.07, 6.45) is 0.704. The van der Waals surface area contributed by atoms with E-state index >= 15 is 0 Å². The molecule has 0 saturated carbocycles. The van der Waals surface area contributed by atoms with Gasteiger partial charge in [-0.25, -0.2) is 4.79 Å². The number of aryl methyl sites for hydroxylation is 1. The highest BCUT2D eigenvalue weighted by Crippen LogP contribution is 2.15. The van der Waals surface area contributed by atoms with Gasteiger partial charge in [0.2, 0.25) is 0 Å². The summed E-state index contributed by atoms with van der Waals surface area (Å²) in [5, 5.41) is 13.3. The fraction of sp³-hybridized carbons (Fsp3) is 0.250. The molecule has 116 valence electrons. The number of amides is 1. The normalized spacial score (nSPS) is 10.2. The van der Waals surface area contributed by atoms with Crippen LogP contribution in [-0.4, -0.2) is 30.1 Å². The quantitative estimate of drug-likeness (QED) is 0.822. The topological polar surface area (TPSA) is 75.6 Å². The molecule has 1 aromatic carbocycles. The molecule has 0 aliphatic heterocycles.